The third-order valence-electron chi connectivity index (χ3n) is 2.58. The van der Waals surface area contributed by atoms with Gasteiger partial charge in [-0.25, -0.2) is 4.39 Å². The Morgan fingerprint density at radius 3 is 2.71 bits per heavy atom. The van der Waals surface area contributed by atoms with Crippen LogP contribution in [-0.2, 0) is 0 Å². The molecule has 2 rings (SSSR count). The number of hydrogen-bond acceptors (Lipinski definition) is 4. The van der Waals surface area contributed by atoms with Crippen molar-refractivity contribution in [2.24, 2.45) is 21.2 Å². The van der Waals surface area contributed by atoms with E-state index in [1.807, 2.05) is 0 Å². The van der Waals surface area contributed by atoms with Gasteiger partial charge in [-0.1, -0.05) is 0 Å². The zero-order valence-corrected chi connectivity index (χ0v) is 9.52. The first-order valence-corrected chi connectivity index (χ1v) is 5.36. The molecule has 0 heterocycles. The molecule has 0 atom stereocenters. The summed E-state index contributed by atoms with van der Waals surface area (Å²) in [6.07, 6.45) is 2.03. The maximum absolute atomic E-state index is 13.7. The maximum atomic E-state index is 13.7. The molecule has 6 heteroatoms. The van der Waals surface area contributed by atoms with Crippen molar-refractivity contribution in [3.05, 3.63) is 29.1 Å². The number of halogens is 1. The zero-order chi connectivity index (χ0) is 12.4. The highest BCUT2D eigenvalue weighted by atomic mass is 19.1. The molecule has 0 radical (unpaired) electrons. The number of aryl methyl sites for hydroxylation is 1. The van der Waals surface area contributed by atoms with E-state index in [0.29, 0.717) is 11.3 Å². The van der Waals surface area contributed by atoms with Crippen LogP contribution in [0.1, 0.15) is 24.0 Å². The van der Waals surface area contributed by atoms with Crippen LogP contribution in [0, 0.1) is 12.7 Å². The van der Waals surface area contributed by atoms with Crippen LogP contribution in [0.3, 0.4) is 0 Å². The number of hydrazone groups is 1. The first kappa shape index (κ1) is 11.5. The van der Waals surface area contributed by atoms with E-state index < -0.39 is 5.82 Å². The molecular weight excluding hydrogens is 221 g/mol. The predicted molar refractivity (Wildman–Crippen MR) is 64.2 cm³/mol. The van der Waals surface area contributed by atoms with E-state index in [-0.39, 0.29) is 17.4 Å². The SMILES string of the molecule is Cc1cc(F)c(/C(N=NC2CC2)=N/N)cc1N. The third kappa shape index (κ3) is 2.58. The molecule has 1 aliphatic rings. The van der Waals surface area contributed by atoms with Crippen molar-refractivity contribution >= 4 is 11.5 Å². The Morgan fingerprint density at radius 1 is 1.41 bits per heavy atom. The first-order chi connectivity index (χ1) is 8.11. The van der Waals surface area contributed by atoms with Crippen LogP contribution < -0.4 is 11.6 Å². The van der Waals surface area contributed by atoms with Crippen molar-refractivity contribution < 1.29 is 4.39 Å². The monoisotopic (exact) mass is 235 g/mol. The minimum absolute atomic E-state index is 0.0705. The molecule has 0 spiro atoms. The van der Waals surface area contributed by atoms with E-state index in [2.05, 4.69) is 15.3 Å². The quantitative estimate of drug-likeness (QED) is 0.205. The Hall–Kier alpha value is -1.98. The minimum Gasteiger partial charge on any atom is -0.398 e. The normalized spacial score (nSPS) is 16.7. The molecule has 17 heavy (non-hydrogen) atoms. The van der Waals surface area contributed by atoms with Crippen molar-refractivity contribution in [1.29, 1.82) is 0 Å². The number of hydrogen-bond donors (Lipinski definition) is 2. The Kier molecular flexibility index (Phi) is 3.03. The van der Waals surface area contributed by atoms with Crippen LogP contribution in [0.4, 0.5) is 10.1 Å². The van der Waals surface area contributed by atoms with Crippen molar-refractivity contribution in [3.8, 4) is 0 Å². The molecule has 0 aromatic heterocycles. The van der Waals surface area contributed by atoms with Crippen molar-refractivity contribution in [2.75, 3.05) is 5.73 Å². The van der Waals surface area contributed by atoms with Gasteiger partial charge in [0, 0.05) is 5.69 Å². The van der Waals surface area contributed by atoms with Gasteiger partial charge in [0.15, 0.2) is 0 Å². The van der Waals surface area contributed by atoms with E-state index in [4.69, 9.17) is 11.6 Å². The van der Waals surface area contributed by atoms with Gasteiger partial charge < -0.3 is 11.6 Å². The average molecular weight is 235 g/mol. The van der Waals surface area contributed by atoms with Gasteiger partial charge in [0.1, 0.15) is 5.82 Å². The van der Waals surface area contributed by atoms with Crippen LogP contribution in [0.5, 0.6) is 0 Å². The van der Waals surface area contributed by atoms with Crippen LogP contribution in [0.15, 0.2) is 27.5 Å². The maximum Gasteiger partial charge on any atom is 0.203 e. The molecule has 0 saturated heterocycles. The second kappa shape index (κ2) is 4.48. The molecular formula is C11H14FN5. The van der Waals surface area contributed by atoms with E-state index in [1.165, 1.54) is 12.1 Å². The van der Waals surface area contributed by atoms with E-state index in [9.17, 15) is 4.39 Å². The highest BCUT2D eigenvalue weighted by Gasteiger charge is 2.21. The summed E-state index contributed by atoms with van der Waals surface area (Å²) < 4.78 is 13.7. The van der Waals surface area contributed by atoms with Crippen LogP contribution >= 0.6 is 0 Å². The summed E-state index contributed by atoms with van der Waals surface area (Å²) >= 11 is 0. The van der Waals surface area contributed by atoms with Crippen LogP contribution in [-0.4, -0.2) is 11.9 Å². The number of azo groups is 1. The second-order valence-corrected chi connectivity index (χ2v) is 4.09. The lowest BCUT2D eigenvalue weighted by Crippen LogP contribution is -2.06. The number of nitrogens with zero attached hydrogens (tertiary/aromatic N) is 3. The zero-order valence-electron chi connectivity index (χ0n) is 9.52. The molecule has 0 bridgehead atoms. The highest BCUT2D eigenvalue weighted by molar-refractivity contribution is 6.00. The number of nitrogens with two attached hydrogens (primary N) is 2. The second-order valence-electron chi connectivity index (χ2n) is 4.09. The molecule has 0 unspecified atom stereocenters. The standard InChI is InChI=1S/C11H14FN5/c1-6-4-9(12)8(5-10(6)13)11(15-14)17-16-7-2-3-7/h4-5,7H,2-3,13-14H2,1H3/b15-11-,17-16?. The predicted octanol–water partition coefficient (Wildman–Crippen LogP) is 1.95. The van der Waals surface area contributed by atoms with E-state index in [0.717, 1.165) is 12.8 Å². The Bertz CT molecular complexity index is 491. The lowest BCUT2D eigenvalue weighted by atomic mass is 10.1. The largest absolute Gasteiger partial charge is 0.398 e. The van der Waals surface area contributed by atoms with Gasteiger partial charge in [0.2, 0.25) is 5.84 Å². The summed E-state index contributed by atoms with van der Waals surface area (Å²) in [6.45, 7) is 1.73. The molecule has 1 aromatic carbocycles. The summed E-state index contributed by atoms with van der Waals surface area (Å²) in [4.78, 5) is 0. The number of amidine groups is 1. The molecule has 4 N–H and O–H groups in total. The van der Waals surface area contributed by atoms with E-state index >= 15 is 0 Å². The fourth-order valence-electron chi connectivity index (χ4n) is 1.34. The fourth-order valence-corrected chi connectivity index (χ4v) is 1.34. The summed E-state index contributed by atoms with van der Waals surface area (Å²) in [5.74, 6) is 4.82. The van der Waals surface area contributed by atoms with Gasteiger partial charge in [-0.2, -0.15) is 10.2 Å². The molecule has 1 aromatic rings. The summed E-state index contributed by atoms with van der Waals surface area (Å²) in [7, 11) is 0. The number of anilines is 1. The van der Waals surface area contributed by atoms with Gasteiger partial charge in [0.05, 0.1) is 11.6 Å². The first-order valence-electron chi connectivity index (χ1n) is 5.36. The van der Waals surface area contributed by atoms with Gasteiger partial charge in [0.25, 0.3) is 0 Å². The van der Waals surface area contributed by atoms with Crippen molar-refractivity contribution in [3.63, 3.8) is 0 Å². The molecule has 0 aliphatic heterocycles. The van der Waals surface area contributed by atoms with Crippen LogP contribution in [0.25, 0.3) is 0 Å². The summed E-state index contributed by atoms with van der Waals surface area (Å²) in [5.41, 5.74) is 7.04. The van der Waals surface area contributed by atoms with Crippen molar-refractivity contribution in [1.82, 2.24) is 0 Å². The number of nitrogen functional groups attached to an aromatic ring is 1. The van der Waals surface area contributed by atoms with Crippen molar-refractivity contribution in [2.45, 2.75) is 25.8 Å². The number of rotatable bonds is 2. The van der Waals surface area contributed by atoms with Crippen LogP contribution in [0.2, 0.25) is 0 Å². The topological polar surface area (TPSA) is 89.1 Å². The fraction of sp³-hybridized carbons (Fsp3) is 0.364. The molecule has 1 aliphatic carbocycles. The van der Waals surface area contributed by atoms with Gasteiger partial charge in [-0.05, 0) is 37.5 Å². The molecule has 5 nitrogen and oxygen atoms in total. The molecule has 1 fully saturated rings. The lowest BCUT2D eigenvalue weighted by molar-refractivity contribution is 0.623. The van der Waals surface area contributed by atoms with Gasteiger partial charge >= 0.3 is 0 Å². The van der Waals surface area contributed by atoms with Gasteiger partial charge in [-0.3, -0.25) is 0 Å². The molecule has 90 valence electrons. The average Bonchev–Trinajstić information content (AvgIpc) is 3.09. The molecule has 1 saturated carbocycles. The Morgan fingerprint density at radius 2 is 2.12 bits per heavy atom. The molecule has 0 amide bonds. The number of benzene rings is 1. The Balaban J connectivity index is 2.33. The van der Waals surface area contributed by atoms with Gasteiger partial charge in [-0.15, -0.1) is 5.11 Å². The van der Waals surface area contributed by atoms with E-state index in [1.54, 1.807) is 6.92 Å². The summed E-state index contributed by atoms with van der Waals surface area (Å²) in [5, 5.41) is 11.3. The lowest BCUT2D eigenvalue weighted by Gasteiger charge is -2.05. The smallest absolute Gasteiger partial charge is 0.203 e. The summed E-state index contributed by atoms with van der Waals surface area (Å²) in [6, 6.07) is 3.04. The third-order valence-corrected chi connectivity index (χ3v) is 2.58. The highest BCUT2D eigenvalue weighted by Crippen LogP contribution is 2.24. The Labute approximate surface area is 98.4 Å². The minimum atomic E-state index is -0.448.